The molecule has 1 heterocycles. The molecular weight excluding hydrogens is 262 g/mol. The first-order valence-electron chi connectivity index (χ1n) is 7.27. The Balaban J connectivity index is 1.78. The van der Waals surface area contributed by atoms with Crippen molar-refractivity contribution < 1.29 is 0 Å². The number of benzene rings is 1. The van der Waals surface area contributed by atoms with Crippen LogP contribution in [0.5, 0.6) is 0 Å². The van der Waals surface area contributed by atoms with E-state index in [9.17, 15) is 0 Å². The van der Waals surface area contributed by atoms with E-state index in [0.29, 0.717) is 17.9 Å². The first kappa shape index (κ1) is 13.8. The Morgan fingerprint density at radius 2 is 1.90 bits per heavy atom. The van der Waals surface area contributed by atoms with Crippen LogP contribution < -0.4 is 16.4 Å². The Labute approximate surface area is 125 Å². The summed E-state index contributed by atoms with van der Waals surface area (Å²) in [6.45, 7) is 0.793. The number of anilines is 2. The number of aromatic nitrogens is 2. The topological polar surface area (TPSA) is 81.1 Å². The van der Waals surface area contributed by atoms with E-state index in [2.05, 4.69) is 27.0 Å². The predicted octanol–water partition coefficient (Wildman–Crippen LogP) is 1.90. The van der Waals surface area contributed by atoms with Gasteiger partial charge in [0.15, 0.2) is 0 Å². The van der Waals surface area contributed by atoms with Crippen LogP contribution in [-0.4, -0.2) is 23.1 Å². The van der Waals surface area contributed by atoms with Crippen LogP contribution >= 0.6 is 0 Å². The van der Waals surface area contributed by atoms with Crippen molar-refractivity contribution in [3.63, 3.8) is 0 Å². The second-order valence-corrected chi connectivity index (χ2v) is 5.78. The van der Waals surface area contributed by atoms with Crippen molar-refractivity contribution >= 4 is 11.8 Å². The average molecular weight is 283 g/mol. The lowest BCUT2D eigenvalue weighted by molar-refractivity contribution is 0.345. The summed E-state index contributed by atoms with van der Waals surface area (Å²) in [7, 11) is 2.02. The molecule has 5 heteroatoms. The second-order valence-electron chi connectivity index (χ2n) is 5.78. The van der Waals surface area contributed by atoms with E-state index in [1.54, 1.807) is 0 Å². The lowest BCUT2D eigenvalue weighted by atomic mass is 9.78. The summed E-state index contributed by atoms with van der Waals surface area (Å²) in [5, 5.41) is 0. The average Bonchev–Trinajstić information content (AvgIpc) is 2.44. The van der Waals surface area contributed by atoms with E-state index in [-0.39, 0.29) is 0 Å². The zero-order valence-electron chi connectivity index (χ0n) is 12.2. The molecule has 1 saturated carbocycles. The van der Waals surface area contributed by atoms with Crippen molar-refractivity contribution in [2.24, 2.45) is 5.73 Å². The molecule has 0 unspecified atom stereocenters. The normalized spacial score (nSPS) is 20.9. The number of nitrogen functional groups attached to an aromatic ring is 1. The highest BCUT2D eigenvalue weighted by Crippen LogP contribution is 2.35. The molecule has 0 aliphatic heterocycles. The van der Waals surface area contributed by atoms with E-state index >= 15 is 0 Å². The summed E-state index contributed by atoms with van der Waals surface area (Å²) in [5.41, 5.74) is 14.0. The van der Waals surface area contributed by atoms with E-state index in [1.807, 2.05) is 31.3 Å². The van der Waals surface area contributed by atoms with E-state index < -0.39 is 0 Å². The molecule has 1 aliphatic rings. The Kier molecular flexibility index (Phi) is 3.75. The minimum atomic E-state index is 0.302. The molecule has 4 N–H and O–H groups in total. The molecule has 0 radical (unpaired) electrons. The van der Waals surface area contributed by atoms with Gasteiger partial charge >= 0.3 is 0 Å². The van der Waals surface area contributed by atoms with Gasteiger partial charge in [0.2, 0.25) is 5.95 Å². The lowest BCUT2D eigenvalue weighted by Gasteiger charge is -2.32. The highest BCUT2D eigenvalue weighted by atomic mass is 15.2. The monoisotopic (exact) mass is 283 g/mol. The van der Waals surface area contributed by atoms with Crippen LogP contribution in [0.4, 0.5) is 11.8 Å². The van der Waals surface area contributed by atoms with Gasteiger partial charge in [0.25, 0.3) is 0 Å². The van der Waals surface area contributed by atoms with Gasteiger partial charge in [-0.05, 0) is 18.4 Å². The highest BCUT2D eigenvalue weighted by molar-refractivity contribution is 5.44. The molecule has 1 fully saturated rings. The number of hydrogen-bond donors (Lipinski definition) is 2. The molecule has 5 nitrogen and oxygen atoms in total. The van der Waals surface area contributed by atoms with Crippen molar-refractivity contribution in [3.8, 4) is 0 Å². The first-order valence-corrected chi connectivity index (χ1v) is 7.27. The molecule has 3 rings (SSSR count). The molecule has 0 atom stereocenters. The Morgan fingerprint density at radius 1 is 1.19 bits per heavy atom. The zero-order valence-corrected chi connectivity index (χ0v) is 12.2. The summed E-state index contributed by atoms with van der Waals surface area (Å²) < 4.78 is 0. The maximum absolute atomic E-state index is 5.86. The van der Waals surface area contributed by atoms with Crippen LogP contribution in [0.2, 0.25) is 0 Å². The van der Waals surface area contributed by atoms with E-state index in [4.69, 9.17) is 11.5 Å². The van der Waals surface area contributed by atoms with Gasteiger partial charge in [0, 0.05) is 31.6 Å². The van der Waals surface area contributed by atoms with Gasteiger partial charge in [0.05, 0.1) is 5.69 Å². The van der Waals surface area contributed by atoms with Crippen molar-refractivity contribution in [3.05, 3.63) is 47.7 Å². The molecule has 1 aliphatic carbocycles. The quantitative estimate of drug-likeness (QED) is 0.895. The van der Waals surface area contributed by atoms with Gasteiger partial charge in [-0.25, -0.2) is 4.98 Å². The molecule has 1 aromatic carbocycles. The fourth-order valence-electron chi connectivity index (χ4n) is 2.72. The maximum atomic E-state index is 5.86. The Hall–Kier alpha value is -2.14. The van der Waals surface area contributed by atoms with Gasteiger partial charge in [-0.1, -0.05) is 30.3 Å². The van der Waals surface area contributed by atoms with Crippen LogP contribution in [0, 0.1) is 0 Å². The lowest BCUT2D eigenvalue weighted by Crippen LogP contribution is -2.35. The van der Waals surface area contributed by atoms with Crippen LogP contribution in [0.25, 0.3) is 0 Å². The highest BCUT2D eigenvalue weighted by Gasteiger charge is 2.29. The van der Waals surface area contributed by atoms with Gasteiger partial charge in [-0.15, -0.1) is 0 Å². The largest absolute Gasteiger partial charge is 0.368 e. The molecule has 2 aromatic rings. The van der Waals surface area contributed by atoms with Crippen LogP contribution in [0.3, 0.4) is 0 Å². The maximum Gasteiger partial charge on any atom is 0.222 e. The summed E-state index contributed by atoms with van der Waals surface area (Å²) in [4.78, 5) is 10.8. The molecule has 1 aromatic heterocycles. The smallest absolute Gasteiger partial charge is 0.222 e. The van der Waals surface area contributed by atoms with Crippen molar-refractivity contribution in [2.75, 3.05) is 17.7 Å². The second kappa shape index (κ2) is 5.69. The summed E-state index contributed by atoms with van der Waals surface area (Å²) >= 11 is 0. The van der Waals surface area contributed by atoms with Crippen molar-refractivity contribution in [1.29, 1.82) is 0 Å². The van der Waals surface area contributed by atoms with Gasteiger partial charge in [-0.3, -0.25) is 0 Å². The Morgan fingerprint density at radius 3 is 2.57 bits per heavy atom. The van der Waals surface area contributed by atoms with Crippen LogP contribution in [0.15, 0.2) is 36.4 Å². The standard InChI is InChI=1S/C16H21N5/c1-21(10-11-5-3-2-4-6-11)15-9-14(19-16(18)20-15)12-7-13(17)8-12/h2-6,9,12-13H,7-8,10,17H2,1H3,(H2,18,19,20). The summed E-state index contributed by atoms with van der Waals surface area (Å²) in [6.07, 6.45) is 1.97. The third-order valence-corrected chi connectivity index (χ3v) is 4.00. The molecule has 0 bridgehead atoms. The van der Waals surface area contributed by atoms with E-state index in [1.165, 1.54) is 5.56 Å². The fraction of sp³-hybridized carbons (Fsp3) is 0.375. The summed E-state index contributed by atoms with van der Waals surface area (Å²) in [5.74, 6) is 1.62. The third-order valence-electron chi connectivity index (χ3n) is 4.00. The Bertz CT molecular complexity index is 607. The number of rotatable bonds is 4. The molecule has 0 spiro atoms. The van der Waals surface area contributed by atoms with E-state index in [0.717, 1.165) is 30.9 Å². The number of hydrogen-bond acceptors (Lipinski definition) is 5. The van der Waals surface area contributed by atoms with Gasteiger partial charge in [-0.2, -0.15) is 4.98 Å². The molecule has 0 amide bonds. The van der Waals surface area contributed by atoms with Crippen molar-refractivity contribution in [2.45, 2.75) is 31.3 Å². The number of nitrogens with two attached hydrogens (primary N) is 2. The SMILES string of the molecule is CN(Cc1ccccc1)c1cc(C2CC(N)C2)nc(N)n1. The van der Waals surface area contributed by atoms with Gasteiger partial charge in [0.1, 0.15) is 5.82 Å². The molecular formula is C16H21N5. The minimum Gasteiger partial charge on any atom is -0.368 e. The molecule has 110 valence electrons. The minimum absolute atomic E-state index is 0.302. The van der Waals surface area contributed by atoms with Crippen LogP contribution in [-0.2, 0) is 6.54 Å². The predicted molar refractivity (Wildman–Crippen MR) is 84.9 cm³/mol. The zero-order chi connectivity index (χ0) is 14.8. The van der Waals surface area contributed by atoms with Crippen LogP contribution in [0.1, 0.15) is 30.0 Å². The van der Waals surface area contributed by atoms with Crippen molar-refractivity contribution in [1.82, 2.24) is 9.97 Å². The summed E-state index contributed by atoms with van der Waals surface area (Å²) in [6, 6.07) is 12.6. The fourth-order valence-corrected chi connectivity index (χ4v) is 2.72. The molecule has 21 heavy (non-hydrogen) atoms. The third kappa shape index (κ3) is 3.13. The number of nitrogens with zero attached hydrogens (tertiary/aromatic N) is 3. The van der Waals surface area contributed by atoms with Gasteiger partial charge < -0.3 is 16.4 Å². The first-order chi connectivity index (χ1) is 10.1. The molecule has 0 saturated heterocycles.